The van der Waals surface area contributed by atoms with Crippen LogP contribution in [0.4, 0.5) is 0 Å². The normalized spacial score (nSPS) is 10.2. The Labute approximate surface area is 92.7 Å². The van der Waals surface area contributed by atoms with Crippen molar-refractivity contribution in [3.8, 4) is 0 Å². The number of hydrogen-bond donors (Lipinski definition) is 1. The van der Waals surface area contributed by atoms with Gasteiger partial charge in [0, 0.05) is 25.6 Å². The fraction of sp³-hybridized carbons (Fsp3) is 0.444. The van der Waals surface area contributed by atoms with Gasteiger partial charge in [-0.05, 0) is 0 Å². The summed E-state index contributed by atoms with van der Waals surface area (Å²) in [6.07, 6.45) is 2.65. The number of carbonyl (C=O) groups is 1. The van der Waals surface area contributed by atoms with E-state index in [1.54, 1.807) is 11.8 Å². The van der Waals surface area contributed by atoms with E-state index in [9.17, 15) is 4.79 Å². The fourth-order valence-electron chi connectivity index (χ4n) is 1.06. The van der Waals surface area contributed by atoms with Gasteiger partial charge in [0.1, 0.15) is 5.82 Å². The molecule has 82 valence electrons. The predicted molar refractivity (Wildman–Crippen MR) is 59.4 cm³/mol. The molecule has 0 bridgehead atoms. The Balaban J connectivity index is 2.62. The second kappa shape index (κ2) is 5.55. The number of aryl methyl sites for hydroxylation is 1. The van der Waals surface area contributed by atoms with Crippen LogP contribution < -0.4 is 5.73 Å². The molecular formula is C9H14N4OS. The molecule has 6 heteroatoms. The van der Waals surface area contributed by atoms with Gasteiger partial charge in [-0.1, -0.05) is 17.8 Å². The lowest BCUT2D eigenvalue weighted by Gasteiger charge is -2.01. The first-order valence-electron chi connectivity index (χ1n) is 4.55. The largest absolute Gasteiger partial charge is 0.370 e. The number of hydrogen-bond acceptors (Lipinski definition) is 4. The summed E-state index contributed by atoms with van der Waals surface area (Å²) in [4.78, 5) is 10.6. The molecule has 5 nitrogen and oxygen atoms in total. The lowest BCUT2D eigenvalue weighted by molar-refractivity contribution is -0.118. The number of rotatable bonds is 6. The highest BCUT2D eigenvalue weighted by Gasteiger charge is 2.08. The van der Waals surface area contributed by atoms with Crippen molar-refractivity contribution in [1.29, 1.82) is 0 Å². The molecule has 15 heavy (non-hydrogen) atoms. The van der Waals surface area contributed by atoms with Gasteiger partial charge >= 0.3 is 0 Å². The average Bonchev–Trinajstić information content (AvgIpc) is 2.54. The molecule has 0 unspecified atom stereocenters. The molecule has 0 fully saturated rings. The van der Waals surface area contributed by atoms with Crippen molar-refractivity contribution in [2.45, 2.75) is 18.0 Å². The van der Waals surface area contributed by atoms with Crippen LogP contribution in [-0.4, -0.2) is 26.4 Å². The molecule has 0 saturated carbocycles. The van der Waals surface area contributed by atoms with Gasteiger partial charge in [-0.25, -0.2) is 0 Å². The second-order valence-corrected chi connectivity index (χ2v) is 4.01. The van der Waals surface area contributed by atoms with E-state index in [2.05, 4.69) is 16.8 Å². The number of carbonyl (C=O) groups excluding carboxylic acids is 1. The van der Waals surface area contributed by atoms with Crippen molar-refractivity contribution in [3.63, 3.8) is 0 Å². The number of nitrogens with two attached hydrogens (primary N) is 1. The second-order valence-electron chi connectivity index (χ2n) is 3.02. The highest BCUT2D eigenvalue weighted by molar-refractivity contribution is 7.99. The van der Waals surface area contributed by atoms with Crippen molar-refractivity contribution in [3.05, 3.63) is 18.5 Å². The van der Waals surface area contributed by atoms with Gasteiger partial charge in [0.15, 0.2) is 5.16 Å². The average molecular weight is 226 g/mol. The van der Waals surface area contributed by atoms with Gasteiger partial charge in [-0.2, -0.15) is 0 Å². The minimum Gasteiger partial charge on any atom is -0.370 e. The molecule has 0 atom stereocenters. The van der Waals surface area contributed by atoms with Gasteiger partial charge in [-0.15, -0.1) is 16.8 Å². The summed E-state index contributed by atoms with van der Waals surface area (Å²) in [5.74, 6) is 1.25. The van der Waals surface area contributed by atoms with E-state index in [-0.39, 0.29) is 5.91 Å². The van der Waals surface area contributed by atoms with E-state index in [4.69, 9.17) is 5.73 Å². The van der Waals surface area contributed by atoms with E-state index >= 15 is 0 Å². The summed E-state index contributed by atoms with van der Waals surface area (Å²) < 4.78 is 1.87. The standard InChI is InChI=1S/C9H14N4OS/c1-3-6-15-9-12-11-8(13(9)2)5-4-7(10)14/h3H,1,4-6H2,2H3,(H2,10,14). The Kier molecular flexibility index (Phi) is 4.36. The van der Waals surface area contributed by atoms with Crippen LogP contribution in [0, 0.1) is 0 Å². The molecule has 1 aromatic heterocycles. The maximum atomic E-state index is 10.6. The molecule has 0 radical (unpaired) electrons. The van der Waals surface area contributed by atoms with Gasteiger partial charge < -0.3 is 10.3 Å². The Hall–Kier alpha value is -1.30. The minimum atomic E-state index is -0.321. The molecule has 0 aliphatic carbocycles. The molecule has 1 rings (SSSR count). The molecule has 0 aliphatic rings. The van der Waals surface area contributed by atoms with Crippen LogP contribution in [0.1, 0.15) is 12.2 Å². The molecular weight excluding hydrogens is 212 g/mol. The van der Waals surface area contributed by atoms with Gasteiger partial charge in [-0.3, -0.25) is 4.79 Å². The fourth-order valence-corrected chi connectivity index (χ4v) is 1.72. The third-order valence-corrected chi connectivity index (χ3v) is 2.87. The van der Waals surface area contributed by atoms with Crippen LogP contribution in [0.2, 0.25) is 0 Å². The first kappa shape index (κ1) is 11.8. The zero-order valence-electron chi connectivity index (χ0n) is 8.64. The van der Waals surface area contributed by atoms with Crippen LogP contribution in [0.25, 0.3) is 0 Å². The molecule has 0 spiro atoms. The Morgan fingerprint density at radius 3 is 3.00 bits per heavy atom. The monoisotopic (exact) mass is 226 g/mol. The van der Waals surface area contributed by atoms with Crippen LogP contribution in [0.5, 0.6) is 0 Å². The van der Waals surface area contributed by atoms with E-state index in [0.717, 1.165) is 16.7 Å². The summed E-state index contributed by atoms with van der Waals surface area (Å²) in [5.41, 5.74) is 5.06. The summed E-state index contributed by atoms with van der Waals surface area (Å²) in [7, 11) is 1.88. The number of thioether (sulfide) groups is 1. The highest BCUT2D eigenvalue weighted by Crippen LogP contribution is 2.15. The Morgan fingerprint density at radius 1 is 1.67 bits per heavy atom. The third kappa shape index (κ3) is 3.39. The van der Waals surface area contributed by atoms with E-state index in [1.807, 2.05) is 17.7 Å². The number of aromatic nitrogens is 3. The summed E-state index contributed by atoms with van der Waals surface area (Å²) in [6.45, 7) is 3.63. The highest BCUT2D eigenvalue weighted by atomic mass is 32.2. The van der Waals surface area contributed by atoms with Crippen LogP contribution in [-0.2, 0) is 18.3 Å². The zero-order chi connectivity index (χ0) is 11.3. The smallest absolute Gasteiger partial charge is 0.217 e. The van der Waals surface area contributed by atoms with Crippen molar-refractivity contribution >= 4 is 17.7 Å². The van der Waals surface area contributed by atoms with Crippen LogP contribution in [0.3, 0.4) is 0 Å². The summed E-state index contributed by atoms with van der Waals surface area (Å²) >= 11 is 1.56. The van der Waals surface area contributed by atoms with E-state index < -0.39 is 0 Å². The third-order valence-electron chi connectivity index (χ3n) is 1.85. The van der Waals surface area contributed by atoms with Gasteiger partial charge in [0.2, 0.25) is 5.91 Å². The number of amides is 1. The topological polar surface area (TPSA) is 73.8 Å². The quantitative estimate of drug-likeness (QED) is 0.566. The summed E-state index contributed by atoms with van der Waals surface area (Å²) in [6, 6.07) is 0. The van der Waals surface area contributed by atoms with Crippen molar-refractivity contribution in [2.75, 3.05) is 5.75 Å². The predicted octanol–water partition coefficient (Wildman–Crippen LogP) is 0.511. The first-order chi connectivity index (χ1) is 7.15. The van der Waals surface area contributed by atoms with Gasteiger partial charge in [0.05, 0.1) is 0 Å². The molecule has 2 N–H and O–H groups in total. The molecule has 0 aliphatic heterocycles. The van der Waals surface area contributed by atoms with Crippen LogP contribution in [0.15, 0.2) is 17.8 Å². The summed E-state index contributed by atoms with van der Waals surface area (Å²) in [5, 5.41) is 8.83. The lowest BCUT2D eigenvalue weighted by atomic mass is 10.3. The maximum absolute atomic E-state index is 10.6. The van der Waals surface area contributed by atoms with Crippen molar-refractivity contribution in [2.24, 2.45) is 12.8 Å². The molecule has 0 aromatic carbocycles. The Morgan fingerprint density at radius 2 is 2.40 bits per heavy atom. The van der Waals surface area contributed by atoms with E-state index in [0.29, 0.717) is 12.8 Å². The molecule has 1 aromatic rings. The SMILES string of the molecule is C=CCSc1nnc(CCC(N)=O)n1C. The van der Waals surface area contributed by atoms with E-state index in [1.165, 1.54) is 0 Å². The number of nitrogens with zero attached hydrogens (tertiary/aromatic N) is 3. The lowest BCUT2D eigenvalue weighted by Crippen LogP contribution is -2.12. The van der Waals surface area contributed by atoms with Crippen molar-refractivity contribution < 1.29 is 4.79 Å². The molecule has 1 heterocycles. The van der Waals surface area contributed by atoms with Gasteiger partial charge in [0.25, 0.3) is 0 Å². The zero-order valence-corrected chi connectivity index (χ0v) is 9.46. The molecule has 1 amide bonds. The molecule has 0 saturated heterocycles. The van der Waals surface area contributed by atoms with Crippen molar-refractivity contribution in [1.82, 2.24) is 14.8 Å². The first-order valence-corrected chi connectivity index (χ1v) is 5.54. The van der Waals surface area contributed by atoms with Crippen LogP contribution >= 0.6 is 11.8 Å². The maximum Gasteiger partial charge on any atom is 0.217 e. The Bertz CT molecular complexity index is 361. The number of primary amides is 1. The minimum absolute atomic E-state index is 0.304.